The quantitative estimate of drug-likeness (QED) is 0.849. The fourth-order valence-electron chi connectivity index (χ4n) is 4.09. The van der Waals surface area contributed by atoms with Gasteiger partial charge in [-0.15, -0.1) is 0 Å². The van der Waals surface area contributed by atoms with E-state index in [1.54, 1.807) is 18.1 Å². The van der Waals surface area contributed by atoms with Crippen LogP contribution in [0.15, 0.2) is 16.9 Å². The number of ether oxygens (including phenoxy) is 1. The molecule has 7 heteroatoms. The summed E-state index contributed by atoms with van der Waals surface area (Å²) in [4.78, 5) is 44.0. The zero-order chi connectivity index (χ0) is 18.7. The second kappa shape index (κ2) is 7.61. The van der Waals surface area contributed by atoms with Gasteiger partial charge in [0, 0.05) is 50.6 Å². The van der Waals surface area contributed by atoms with E-state index in [1.807, 2.05) is 11.8 Å². The molecule has 1 unspecified atom stereocenters. The molecule has 0 aromatic carbocycles. The maximum Gasteiger partial charge on any atom is 0.254 e. The Hall–Kier alpha value is -2.15. The molecule has 3 rings (SSSR count). The molecule has 1 aromatic rings. The number of amides is 2. The number of H-pyrrole nitrogens is 1. The number of rotatable bonds is 5. The van der Waals surface area contributed by atoms with Crippen LogP contribution in [0, 0.1) is 5.41 Å². The maximum atomic E-state index is 13.0. The number of likely N-dealkylation sites (tertiary alicyclic amines) is 2. The number of aryl methyl sites for hydroxylation is 1. The van der Waals surface area contributed by atoms with Crippen molar-refractivity contribution >= 4 is 11.8 Å². The van der Waals surface area contributed by atoms with Crippen LogP contribution in [-0.2, 0) is 16.0 Å². The summed E-state index contributed by atoms with van der Waals surface area (Å²) in [6.07, 6.45) is 3.11. The lowest BCUT2D eigenvalue weighted by molar-refractivity contribution is -0.146. The average Bonchev–Trinajstić information content (AvgIpc) is 3.07. The van der Waals surface area contributed by atoms with E-state index in [0.717, 1.165) is 25.1 Å². The van der Waals surface area contributed by atoms with Gasteiger partial charge in [0.2, 0.25) is 11.5 Å². The number of hydrogen-bond donors (Lipinski definition) is 1. The molecule has 0 radical (unpaired) electrons. The van der Waals surface area contributed by atoms with E-state index < -0.39 is 5.41 Å². The van der Waals surface area contributed by atoms with Crippen LogP contribution in [0.25, 0.3) is 0 Å². The van der Waals surface area contributed by atoms with E-state index in [9.17, 15) is 14.4 Å². The highest BCUT2D eigenvalue weighted by atomic mass is 16.5. The number of aromatic amines is 1. The molecular formula is C19H27N3O4. The highest BCUT2D eigenvalue weighted by Gasteiger charge is 2.49. The van der Waals surface area contributed by atoms with Gasteiger partial charge in [0.05, 0.1) is 12.0 Å². The summed E-state index contributed by atoms with van der Waals surface area (Å²) in [5, 5.41) is 0. The van der Waals surface area contributed by atoms with E-state index in [4.69, 9.17) is 4.74 Å². The monoisotopic (exact) mass is 361 g/mol. The molecule has 2 fully saturated rings. The van der Waals surface area contributed by atoms with Crippen molar-refractivity contribution in [3.63, 3.8) is 0 Å². The lowest BCUT2D eigenvalue weighted by Crippen LogP contribution is -2.51. The Labute approximate surface area is 153 Å². The Bertz CT molecular complexity index is 745. The number of carbonyl (C=O) groups is 2. The van der Waals surface area contributed by atoms with Gasteiger partial charge in [0.1, 0.15) is 0 Å². The lowest BCUT2D eigenvalue weighted by Gasteiger charge is -2.39. The zero-order valence-corrected chi connectivity index (χ0v) is 15.5. The highest BCUT2D eigenvalue weighted by Crippen LogP contribution is 2.40. The molecule has 1 N–H and O–H groups in total. The van der Waals surface area contributed by atoms with Crippen molar-refractivity contribution < 1.29 is 14.3 Å². The molecule has 1 aromatic heterocycles. The second-order valence-corrected chi connectivity index (χ2v) is 7.26. The summed E-state index contributed by atoms with van der Waals surface area (Å²) < 4.78 is 5.10. The predicted molar refractivity (Wildman–Crippen MR) is 97.1 cm³/mol. The molecule has 2 amide bonds. The van der Waals surface area contributed by atoms with E-state index in [-0.39, 0.29) is 17.4 Å². The number of piperidine rings is 1. The molecule has 7 nitrogen and oxygen atoms in total. The number of hydrogen-bond acceptors (Lipinski definition) is 4. The summed E-state index contributed by atoms with van der Waals surface area (Å²) >= 11 is 0. The molecule has 142 valence electrons. The van der Waals surface area contributed by atoms with Gasteiger partial charge in [-0.05, 0) is 31.7 Å². The third-order valence-corrected chi connectivity index (χ3v) is 5.56. The molecule has 1 spiro atoms. The van der Waals surface area contributed by atoms with Gasteiger partial charge in [-0.2, -0.15) is 0 Å². The third-order valence-electron chi connectivity index (χ3n) is 5.56. The number of nitrogens with one attached hydrogen (secondary N) is 1. The minimum absolute atomic E-state index is 0.135. The Balaban J connectivity index is 1.75. The minimum Gasteiger partial charge on any atom is -0.383 e. The first-order valence-corrected chi connectivity index (χ1v) is 9.30. The number of methoxy groups -OCH3 is 1. The van der Waals surface area contributed by atoms with Gasteiger partial charge in [0.25, 0.3) is 5.91 Å². The molecule has 0 saturated carbocycles. The van der Waals surface area contributed by atoms with Gasteiger partial charge in [0.15, 0.2) is 0 Å². The fraction of sp³-hybridized carbons (Fsp3) is 0.632. The van der Waals surface area contributed by atoms with Crippen LogP contribution in [0.1, 0.15) is 42.2 Å². The minimum atomic E-state index is -0.476. The van der Waals surface area contributed by atoms with Crippen LogP contribution in [0.3, 0.4) is 0 Å². The summed E-state index contributed by atoms with van der Waals surface area (Å²) in [7, 11) is 1.63. The van der Waals surface area contributed by atoms with Crippen LogP contribution in [0.4, 0.5) is 0 Å². The first-order valence-electron chi connectivity index (χ1n) is 9.30. The normalized spacial score (nSPS) is 23.1. The summed E-state index contributed by atoms with van der Waals surface area (Å²) in [6, 6.07) is 3.09. The summed E-state index contributed by atoms with van der Waals surface area (Å²) in [6.45, 7) is 4.79. The molecule has 1 atom stereocenters. The van der Waals surface area contributed by atoms with E-state index in [2.05, 4.69) is 4.98 Å². The molecular weight excluding hydrogens is 334 g/mol. The first kappa shape index (κ1) is 18.6. The van der Waals surface area contributed by atoms with Crippen LogP contribution < -0.4 is 5.56 Å². The predicted octanol–water partition coefficient (Wildman–Crippen LogP) is 1.04. The number of pyridine rings is 1. The molecule has 26 heavy (non-hydrogen) atoms. The second-order valence-electron chi connectivity index (χ2n) is 7.26. The van der Waals surface area contributed by atoms with Gasteiger partial charge < -0.3 is 19.5 Å². The Morgan fingerprint density at radius 3 is 2.81 bits per heavy atom. The largest absolute Gasteiger partial charge is 0.383 e. The van der Waals surface area contributed by atoms with Gasteiger partial charge in [-0.1, -0.05) is 6.92 Å². The summed E-state index contributed by atoms with van der Waals surface area (Å²) in [5.74, 6) is -0.0271. The topological polar surface area (TPSA) is 82.7 Å². The van der Waals surface area contributed by atoms with Gasteiger partial charge >= 0.3 is 0 Å². The molecule has 0 bridgehead atoms. The third kappa shape index (κ3) is 3.53. The van der Waals surface area contributed by atoms with Gasteiger partial charge in [-0.3, -0.25) is 14.4 Å². The van der Waals surface area contributed by atoms with Gasteiger partial charge in [-0.25, -0.2) is 0 Å². The number of nitrogens with zero attached hydrogens (tertiary/aromatic N) is 2. The Morgan fingerprint density at radius 2 is 2.08 bits per heavy atom. The highest BCUT2D eigenvalue weighted by molar-refractivity contribution is 5.95. The van der Waals surface area contributed by atoms with Crippen molar-refractivity contribution in [3.8, 4) is 0 Å². The molecule has 2 saturated heterocycles. The van der Waals surface area contributed by atoms with Crippen molar-refractivity contribution in [1.82, 2.24) is 14.8 Å². The SMILES string of the molecule is CCc1cc(C(=O)N2CCC3(CCCN(CCOC)C3=O)C2)cc(=O)[nH]1. The van der Waals surface area contributed by atoms with Crippen LogP contribution in [-0.4, -0.2) is 66.5 Å². The van der Waals surface area contributed by atoms with E-state index in [0.29, 0.717) is 44.6 Å². The van der Waals surface area contributed by atoms with E-state index in [1.165, 1.54) is 6.07 Å². The molecule has 2 aliphatic rings. The van der Waals surface area contributed by atoms with Crippen molar-refractivity contribution in [3.05, 3.63) is 33.7 Å². The number of carbonyl (C=O) groups excluding carboxylic acids is 2. The number of aromatic nitrogens is 1. The van der Waals surface area contributed by atoms with Crippen molar-refractivity contribution in [2.45, 2.75) is 32.6 Å². The standard InChI is InChI=1S/C19H27N3O4/c1-3-15-11-14(12-16(23)20-15)17(24)22-8-6-19(13-22)5-4-7-21(18(19)25)9-10-26-2/h11-12H,3-10,13H2,1-2H3,(H,20,23). The van der Waals surface area contributed by atoms with Crippen LogP contribution >= 0.6 is 0 Å². The fourth-order valence-corrected chi connectivity index (χ4v) is 4.09. The van der Waals surface area contributed by atoms with Crippen molar-refractivity contribution in [2.75, 3.05) is 39.9 Å². The lowest BCUT2D eigenvalue weighted by atomic mass is 9.78. The maximum absolute atomic E-state index is 13.0. The zero-order valence-electron chi connectivity index (χ0n) is 15.5. The Morgan fingerprint density at radius 1 is 1.27 bits per heavy atom. The van der Waals surface area contributed by atoms with Crippen LogP contribution in [0.5, 0.6) is 0 Å². The van der Waals surface area contributed by atoms with E-state index >= 15 is 0 Å². The van der Waals surface area contributed by atoms with Crippen molar-refractivity contribution in [1.29, 1.82) is 0 Å². The summed E-state index contributed by atoms with van der Waals surface area (Å²) in [5.41, 5.74) is 0.411. The molecule has 0 aliphatic carbocycles. The molecule has 3 heterocycles. The average molecular weight is 361 g/mol. The van der Waals surface area contributed by atoms with Crippen molar-refractivity contribution in [2.24, 2.45) is 5.41 Å². The van der Waals surface area contributed by atoms with Crippen LogP contribution in [0.2, 0.25) is 0 Å². The Kier molecular flexibility index (Phi) is 5.46. The molecule has 2 aliphatic heterocycles. The first-order chi connectivity index (χ1) is 12.5. The smallest absolute Gasteiger partial charge is 0.254 e.